The van der Waals surface area contributed by atoms with Crippen LogP contribution in [0.2, 0.25) is 0 Å². The SMILES string of the molecule is CCC(N)=O.CCNCC. The quantitative estimate of drug-likeness (QED) is 0.609. The first kappa shape index (κ1) is 12.1. The van der Waals surface area contributed by atoms with Gasteiger partial charge in [-0.05, 0) is 13.1 Å². The van der Waals surface area contributed by atoms with Crippen molar-refractivity contribution in [2.75, 3.05) is 13.1 Å². The maximum Gasteiger partial charge on any atom is 0.217 e. The highest BCUT2D eigenvalue weighted by Crippen LogP contribution is 1.63. The van der Waals surface area contributed by atoms with Crippen LogP contribution >= 0.6 is 0 Å². The van der Waals surface area contributed by atoms with Gasteiger partial charge in [-0.2, -0.15) is 0 Å². The summed E-state index contributed by atoms with van der Waals surface area (Å²) in [6, 6.07) is 0. The molecule has 0 aliphatic rings. The molecule has 0 aliphatic carbocycles. The lowest BCUT2D eigenvalue weighted by Crippen LogP contribution is -2.09. The van der Waals surface area contributed by atoms with Gasteiger partial charge in [-0.25, -0.2) is 0 Å². The van der Waals surface area contributed by atoms with E-state index >= 15 is 0 Å². The van der Waals surface area contributed by atoms with E-state index in [-0.39, 0.29) is 5.91 Å². The molecule has 0 spiro atoms. The topological polar surface area (TPSA) is 55.1 Å². The first-order valence-corrected chi connectivity index (χ1v) is 3.67. The van der Waals surface area contributed by atoms with Crippen molar-refractivity contribution in [1.29, 1.82) is 0 Å². The minimum Gasteiger partial charge on any atom is -0.370 e. The summed E-state index contributed by atoms with van der Waals surface area (Å²) in [5.74, 6) is -0.245. The molecule has 0 heterocycles. The Morgan fingerprint density at radius 2 is 1.60 bits per heavy atom. The molecular formula is C7H18N2O. The smallest absolute Gasteiger partial charge is 0.217 e. The third-order valence-corrected chi connectivity index (χ3v) is 0.848. The van der Waals surface area contributed by atoms with E-state index in [4.69, 9.17) is 0 Å². The Kier molecular flexibility index (Phi) is 13.7. The van der Waals surface area contributed by atoms with Gasteiger partial charge in [0, 0.05) is 6.42 Å². The van der Waals surface area contributed by atoms with Gasteiger partial charge in [-0.1, -0.05) is 20.8 Å². The van der Waals surface area contributed by atoms with Crippen molar-refractivity contribution in [1.82, 2.24) is 5.32 Å². The van der Waals surface area contributed by atoms with Gasteiger partial charge in [0.05, 0.1) is 0 Å². The van der Waals surface area contributed by atoms with Crippen LogP contribution in [0.1, 0.15) is 27.2 Å². The Morgan fingerprint density at radius 3 is 1.60 bits per heavy atom. The highest BCUT2D eigenvalue weighted by molar-refractivity contribution is 5.73. The minimum absolute atomic E-state index is 0.245. The largest absolute Gasteiger partial charge is 0.370 e. The van der Waals surface area contributed by atoms with E-state index in [1.807, 2.05) is 0 Å². The molecule has 0 saturated heterocycles. The van der Waals surface area contributed by atoms with Gasteiger partial charge in [0.15, 0.2) is 0 Å². The second kappa shape index (κ2) is 11.3. The van der Waals surface area contributed by atoms with E-state index in [1.54, 1.807) is 6.92 Å². The number of primary amides is 1. The molecular weight excluding hydrogens is 128 g/mol. The Balaban J connectivity index is 0. The summed E-state index contributed by atoms with van der Waals surface area (Å²) in [7, 11) is 0. The van der Waals surface area contributed by atoms with Crippen LogP contribution in [0, 0.1) is 0 Å². The fraction of sp³-hybridized carbons (Fsp3) is 0.857. The minimum atomic E-state index is -0.245. The van der Waals surface area contributed by atoms with Crippen molar-refractivity contribution < 1.29 is 4.79 Å². The molecule has 0 fully saturated rings. The second-order valence-electron chi connectivity index (χ2n) is 1.78. The fourth-order valence-corrected chi connectivity index (χ4v) is 0.250. The Hall–Kier alpha value is -0.570. The van der Waals surface area contributed by atoms with Crippen molar-refractivity contribution >= 4 is 5.91 Å². The van der Waals surface area contributed by atoms with Crippen LogP contribution < -0.4 is 11.1 Å². The van der Waals surface area contributed by atoms with Crippen LogP contribution in [0.5, 0.6) is 0 Å². The molecule has 0 aromatic rings. The van der Waals surface area contributed by atoms with Gasteiger partial charge in [0.1, 0.15) is 0 Å². The van der Waals surface area contributed by atoms with Gasteiger partial charge >= 0.3 is 0 Å². The van der Waals surface area contributed by atoms with Crippen LogP contribution in [0.15, 0.2) is 0 Å². The lowest BCUT2D eigenvalue weighted by Gasteiger charge is -1.86. The van der Waals surface area contributed by atoms with E-state index in [0.717, 1.165) is 13.1 Å². The van der Waals surface area contributed by atoms with Gasteiger partial charge in [-0.3, -0.25) is 4.79 Å². The number of carbonyl (C=O) groups is 1. The number of amides is 1. The lowest BCUT2D eigenvalue weighted by atomic mass is 10.5. The third kappa shape index (κ3) is 26.1. The van der Waals surface area contributed by atoms with Crippen LogP contribution in [0.25, 0.3) is 0 Å². The molecule has 0 unspecified atom stereocenters. The highest BCUT2D eigenvalue weighted by Gasteiger charge is 1.77. The summed E-state index contributed by atoms with van der Waals surface area (Å²) in [5, 5.41) is 3.11. The van der Waals surface area contributed by atoms with E-state index in [2.05, 4.69) is 24.9 Å². The lowest BCUT2D eigenvalue weighted by molar-refractivity contribution is -0.117. The predicted molar refractivity (Wildman–Crippen MR) is 43.7 cm³/mol. The van der Waals surface area contributed by atoms with Gasteiger partial charge in [0.2, 0.25) is 5.91 Å². The first-order chi connectivity index (χ1) is 4.68. The summed E-state index contributed by atoms with van der Waals surface area (Å²) in [6.07, 6.45) is 0.444. The molecule has 3 heteroatoms. The third-order valence-electron chi connectivity index (χ3n) is 0.848. The molecule has 10 heavy (non-hydrogen) atoms. The number of nitrogens with one attached hydrogen (secondary N) is 1. The summed E-state index contributed by atoms with van der Waals surface area (Å²) in [4.78, 5) is 9.59. The van der Waals surface area contributed by atoms with Crippen LogP contribution in [-0.2, 0) is 4.79 Å². The number of hydrogen-bond donors (Lipinski definition) is 2. The van der Waals surface area contributed by atoms with Crippen molar-refractivity contribution in [3.8, 4) is 0 Å². The predicted octanol–water partition coefficient (Wildman–Crippen LogP) is 0.497. The van der Waals surface area contributed by atoms with Crippen molar-refractivity contribution in [2.45, 2.75) is 27.2 Å². The Bertz CT molecular complexity index is 72.0. The molecule has 0 bridgehead atoms. The van der Waals surface area contributed by atoms with Gasteiger partial charge in [-0.15, -0.1) is 0 Å². The summed E-state index contributed by atoms with van der Waals surface area (Å²) >= 11 is 0. The number of rotatable bonds is 3. The van der Waals surface area contributed by atoms with Crippen LogP contribution in [0.3, 0.4) is 0 Å². The molecule has 1 amide bonds. The molecule has 0 aliphatic heterocycles. The van der Waals surface area contributed by atoms with Crippen molar-refractivity contribution in [2.24, 2.45) is 5.73 Å². The molecule has 3 nitrogen and oxygen atoms in total. The second-order valence-corrected chi connectivity index (χ2v) is 1.78. The molecule has 0 atom stereocenters. The molecule has 62 valence electrons. The highest BCUT2D eigenvalue weighted by atomic mass is 16.1. The number of hydrogen-bond acceptors (Lipinski definition) is 2. The number of nitrogens with two attached hydrogens (primary N) is 1. The maximum atomic E-state index is 9.59. The monoisotopic (exact) mass is 146 g/mol. The van der Waals surface area contributed by atoms with Gasteiger partial charge in [0.25, 0.3) is 0 Å². The summed E-state index contributed by atoms with van der Waals surface area (Å²) in [6.45, 7) is 8.11. The maximum absolute atomic E-state index is 9.59. The molecule has 0 rings (SSSR count). The van der Waals surface area contributed by atoms with Crippen LogP contribution in [-0.4, -0.2) is 19.0 Å². The van der Waals surface area contributed by atoms with E-state index in [1.165, 1.54) is 0 Å². The Labute approximate surface area is 63.0 Å². The van der Waals surface area contributed by atoms with Crippen molar-refractivity contribution in [3.63, 3.8) is 0 Å². The normalized spacial score (nSPS) is 7.90. The zero-order valence-electron chi connectivity index (χ0n) is 7.11. The molecule has 0 radical (unpaired) electrons. The van der Waals surface area contributed by atoms with Crippen molar-refractivity contribution in [3.05, 3.63) is 0 Å². The molecule has 0 aromatic heterocycles. The van der Waals surface area contributed by atoms with E-state index < -0.39 is 0 Å². The fourth-order valence-electron chi connectivity index (χ4n) is 0.250. The first-order valence-electron chi connectivity index (χ1n) is 3.67. The summed E-state index contributed by atoms with van der Waals surface area (Å²) < 4.78 is 0. The average molecular weight is 146 g/mol. The summed E-state index contributed by atoms with van der Waals surface area (Å²) in [5.41, 5.74) is 4.65. The number of carbonyl (C=O) groups excluding carboxylic acids is 1. The standard InChI is InChI=1S/C4H11N.C3H7NO/c1-3-5-4-2;1-2-3(4)5/h5H,3-4H2,1-2H3;2H2,1H3,(H2,4,5). The zero-order chi connectivity index (χ0) is 8.41. The molecule has 0 saturated carbocycles. The average Bonchev–Trinajstić information content (AvgIpc) is 1.91. The van der Waals surface area contributed by atoms with E-state index in [9.17, 15) is 4.79 Å². The Morgan fingerprint density at radius 1 is 1.30 bits per heavy atom. The van der Waals surface area contributed by atoms with E-state index in [0.29, 0.717) is 6.42 Å². The molecule has 3 N–H and O–H groups in total. The zero-order valence-corrected chi connectivity index (χ0v) is 7.11. The van der Waals surface area contributed by atoms with Crippen LogP contribution in [0.4, 0.5) is 0 Å². The van der Waals surface area contributed by atoms with Gasteiger partial charge < -0.3 is 11.1 Å². The molecule has 0 aromatic carbocycles.